The number of benzene rings is 1. The van der Waals surface area contributed by atoms with Gasteiger partial charge in [0.05, 0.1) is 17.4 Å². The Morgan fingerprint density at radius 2 is 1.71 bits per heavy atom. The minimum atomic E-state index is -1.19. The fourth-order valence-corrected chi connectivity index (χ4v) is 2.94. The average Bonchev–Trinajstić information content (AvgIpc) is 2.46. The summed E-state index contributed by atoms with van der Waals surface area (Å²) in [7, 11) is 0. The molecule has 7 heteroatoms. The highest BCUT2D eigenvalue weighted by molar-refractivity contribution is 9.10. The lowest BCUT2D eigenvalue weighted by molar-refractivity contribution is -0.156. The summed E-state index contributed by atoms with van der Waals surface area (Å²) in [6.07, 6.45) is 0.141. The number of hydrogen-bond donors (Lipinski definition) is 2. The predicted octanol–water partition coefficient (Wildman–Crippen LogP) is 1.70. The van der Waals surface area contributed by atoms with Crippen LogP contribution in [-0.2, 0) is 9.59 Å². The molecule has 1 amide bonds. The Bertz CT molecular complexity index is 588. The number of hydrogen-bond acceptors (Lipinski definition) is 3. The molecule has 1 saturated heterocycles. The van der Waals surface area contributed by atoms with Crippen molar-refractivity contribution in [2.24, 2.45) is 11.8 Å². The lowest BCUT2D eigenvalue weighted by Crippen LogP contribution is -2.48. The van der Waals surface area contributed by atoms with Crippen LogP contribution in [0.2, 0.25) is 0 Å². The van der Waals surface area contributed by atoms with Gasteiger partial charge in [-0.3, -0.25) is 14.4 Å². The number of rotatable bonds is 3. The van der Waals surface area contributed by atoms with Crippen molar-refractivity contribution in [3.63, 3.8) is 0 Å². The molecule has 2 atom stereocenters. The topological polar surface area (TPSA) is 94.9 Å². The summed E-state index contributed by atoms with van der Waals surface area (Å²) in [5, 5.41) is 18.2. The van der Waals surface area contributed by atoms with Crippen LogP contribution in [-0.4, -0.2) is 46.0 Å². The molecule has 0 saturated carbocycles. The van der Waals surface area contributed by atoms with E-state index in [0.29, 0.717) is 10.0 Å². The van der Waals surface area contributed by atoms with E-state index in [2.05, 4.69) is 15.9 Å². The maximum Gasteiger partial charge on any atom is 0.309 e. The molecule has 1 fully saturated rings. The van der Waals surface area contributed by atoms with Crippen LogP contribution in [0.15, 0.2) is 28.7 Å². The Hall–Kier alpha value is -1.89. The van der Waals surface area contributed by atoms with Crippen LogP contribution in [0.5, 0.6) is 0 Å². The normalized spacial score (nSPS) is 21.9. The van der Waals surface area contributed by atoms with E-state index in [0.717, 1.165) is 0 Å². The van der Waals surface area contributed by atoms with E-state index in [1.807, 2.05) is 0 Å². The summed E-state index contributed by atoms with van der Waals surface area (Å²) in [4.78, 5) is 36.1. The van der Waals surface area contributed by atoms with Crippen molar-refractivity contribution in [3.8, 4) is 0 Å². The fraction of sp³-hybridized carbons (Fsp3) is 0.357. The van der Waals surface area contributed by atoms with Crippen molar-refractivity contribution in [2.45, 2.75) is 6.42 Å². The molecule has 1 aliphatic rings. The summed E-state index contributed by atoms with van der Waals surface area (Å²) < 4.78 is 0.627. The molecule has 21 heavy (non-hydrogen) atoms. The Balaban J connectivity index is 2.20. The number of amides is 1. The van der Waals surface area contributed by atoms with Crippen LogP contribution in [0.25, 0.3) is 0 Å². The number of aliphatic carboxylic acids is 2. The number of carbonyl (C=O) groups is 3. The highest BCUT2D eigenvalue weighted by Gasteiger charge is 2.40. The average molecular weight is 356 g/mol. The molecular formula is C14H14BrNO5. The van der Waals surface area contributed by atoms with Crippen LogP contribution in [0.3, 0.4) is 0 Å². The lowest BCUT2D eigenvalue weighted by atomic mass is 9.85. The standard InChI is InChI=1S/C14H14BrNO5/c15-11-4-2-1-3-9(11)12(17)16-6-5-8(13(18)19)10(7-16)14(20)21/h1-4,8,10H,5-7H2,(H,18,19)(H,20,21). The fourth-order valence-electron chi connectivity index (χ4n) is 2.49. The molecule has 0 aromatic heterocycles. The second-order valence-electron chi connectivity index (χ2n) is 4.91. The van der Waals surface area contributed by atoms with Gasteiger partial charge in [0, 0.05) is 17.6 Å². The van der Waals surface area contributed by atoms with Crippen LogP contribution in [0.4, 0.5) is 0 Å². The lowest BCUT2D eigenvalue weighted by Gasteiger charge is -2.34. The SMILES string of the molecule is O=C(O)C1CCN(C(=O)c2ccccc2Br)CC1C(=O)O. The first-order chi connectivity index (χ1) is 9.91. The van der Waals surface area contributed by atoms with Crippen molar-refractivity contribution >= 4 is 33.8 Å². The van der Waals surface area contributed by atoms with Crippen molar-refractivity contribution < 1.29 is 24.6 Å². The zero-order valence-corrected chi connectivity index (χ0v) is 12.6. The van der Waals surface area contributed by atoms with E-state index in [1.54, 1.807) is 24.3 Å². The number of carbonyl (C=O) groups excluding carboxylic acids is 1. The van der Waals surface area contributed by atoms with E-state index >= 15 is 0 Å². The molecule has 1 aromatic carbocycles. The molecule has 2 N–H and O–H groups in total. The van der Waals surface area contributed by atoms with Crippen LogP contribution in [0.1, 0.15) is 16.8 Å². The second-order valence-corrected chi connectivity index (χ2v) is 5.76. The molecular weight excluding hydrogens is 342 g/mol. The van der Waals surface area contributed by atoms with Crippen LogP contribution < -0.4 is 0 Å². The first kappa shape index (κ1) is 15.5. The number of carboxylic acids is 2. The largest absolute Gasteiger partial charge is 0.481 e. The number of nitrogens with zero attached hydrogens (tertiary/aromatic N) is 1. The minimum absolute atomic E-state index is 0.0908. The van der Waals surface area contributed by atoms with Crippen LogP contribution >= 0.6 is 15.9 Å². The van der Waals surface area contributed by atoms with Crippen molar-refractivity contribution in [3.05, 3.63) is 34.3 Å². The molecule has 112 valence electrons. The Morgan fingerprint density at radius 3 is 2.29 bits per heavy atom. The molecule has 1 heterocycles. The van der Waals surface area contributed by atoms with Crippen molar-refractivity contribution in [2.75, 3.05) is 13.1 Å². The monoisotopic (exact) mass is 355 g/mol. The van der Waals surface area contributed by atoms with Gasteiger partial charge < -0.3 is 15.1 Å². The van der Waals surface area contributed by atoms with E-state index in [9.17, 15) is 19.5 Å². The van der Waals surface area contributed by atoms with Gasteiger partial charge in [0.15, 0.2) is 0 Å². The Morgan fingerprint density at radius 1 is 1.10 bits per heavy atom. The molecule has 0 spiro atoms. The summed E-state index contributed by atoms with van der Waals surface area (Å²) in [6, 6.07) is 6.87. The number of carboxylic acid groups (broad SMARTS) is 2. The Kier molecular flexibility index (Phi) is 4.62. The molecule has 2 rings (SSSR count). The molecule has 0 radical (unpaired) electrons. The predicted molar refractivity (Wildman–Crippen MR) is 76.9 cm³/mol. The quantitative estimate of drug-likeness (QED) is 0.860. The molecule has 1 aliphatic heterocycles. The van der Waals surface area contributed by atoms with Gasteiger partial charge in [0.25, 0.3) is 5.91 Å². The number of likely N-dealkylation sites (tertiary alicyclic amines) is 1. The summed E-state index contributed by atoms with van der Waals surface area (Å²) in [5.41, 5.74) is 0.440. The van der Waals surface area contributed by atoms with Crippen LogP contribution in [0, 0.1) is 11.8 Å². The minimum Gasteiger partial charge on any atom is -0.481 e. The molecule has 0 aliphatic carbocycles. The smallest absolute Gasteiger partial charge is 0.309 e. The van der Waals surface area contributed by atoms with Gasteiger partial charge in [-0.1, -0.05) is 12.1 Å². The van der Waals surface area contributed by atoms with Gasteiger partial charge in [-0.2, -0.15) is 0 Å². The van der Waals surface area contributed by atoms with E-state index < -0.39 is 23.8 Å². The second kappa shape index (κ2) is 6.26. The Labute approximate surface area is 129 Å². The molecule has 0 bridgehead atoms. The van der Waals surface area contributed by atoms with Gasteiger partial charge in [0.2, 0.25) is 0 Å². The first-order valence-corrected chi connectivity index (χ1v) is 7.20. The van der Waals surface area contributed by atoms with Gasteiger partial charge in [-0.15, -0.1) is 0 Å². The third-order valence-electron chi connectivity index (χ3n) is 3.64. The number of piperidine rings is 1. The summed E-state index contributed by atoms with van der Waals surface area (Å²) in [6.45, 7) is 0.146. The van der Waals surface area contributed by atoms with Gasteiger partial charge in [-0.05, 0) is 34.5 Å². The van der Waals surface area contributed by atoms with E-state index in [4.69, 9.17) is 5.11 Å². The maximum absolute atomic E-state index is 12.4. The van der Waals surface area contributed by atoms with E-state index in [1.165, 1.54) is 4.90 Å². The molecule has 2 unspecified atom stereocenters. The zero-order chi connectivity index (χ0) is 15.6. The van der Waals surface area contributed by atoms with E-state index in [-0.39, 0.29) is 25.4 Å². The summed E-state index contributed by atoms with van der Waals surface area (Å²) in [5.74, 6) is -4.64. The van der Waals surface area contributed by atoms with Gasteiger partial charge in [0.1, 0.15) is 0 Å². The zero-order valence-electron chi connectivity index (χ0n) is 11.0. The highest BCUT2D eigenvalue weighted by Crippen LogP contribution is 2.27. The highest BCUT2D eigenvalue weighted by atomic mass is 79.9. The van der Waals surface area contributed by atoms with Gasteiger partial charge >= 0.3 is 11.9 Å². The van der Waals surface area contributed by atoms with Gasteiger partial charge in [-0.25, -0.2) is 0 Å². The third-order valence-corrected chi connectivity index (χ3v) is 4.33. The number of halogens is 1. The first-order valence-electron chi connectivity index (χ1n) is 6.41. The molecule has 6 nitrogen and oxygen atoms in total. The maximum atomic E-state index is 12.4. The summed E-state index contributed by atoms with van der Waals surface area (Å²) >= 11 is 3.28. The molecule has 1 aromatic rings. The van der Waals surface area contributed by atoms with Crippen molar-refractivity contribution in [1.29, 1.82) is 0 Å². The third kappa shape index (κ3) is 3.24. The van der Waals surface area contributed by atoms with Crippen molar-refractivity contribution in [1.82, 2.24) is 4.90 Å².